The third-order valence-corrected chi connectivity index (χ3v) is 6.92. The van der Waals surface area contributed by atoms with Gasteiger partial charge in [0, 0.05) is 23.0 Å². The van der Waals surface area contributed by atoms with Gasteiger partial charge in [0.15, 0.2) is 5.82 Å². The summed E-state index contributed by atoms with van der Waals surface area (Å²) in [7, 11) is 0. The molecule has 4 rings (SSSR count). The molecule has 1 unspecified atom stereocenters. The van der Waals surface area contributed by atoms with E-state index in [4.69, 9.17) is 4.42 Å². The molecule has 0 fully saturated rings. The number of aromatic amines is 1. The fraction of sp³-hybridized carbons (Fsp3) is 0.481. The minimum absolute atomic E-state index is 0.0806. The van der Waals surface area contributed by atoms with E-state index >= 15 is 0 Å². The lowest BCUT2D eigenvalue weighted by Gasteiger charge is -2.35. The third kappa shape index (κ3) is 5.07. The number of hydrogen-bond acceptors (Lipinski definition) is 6. The van der Waals surface area contributed by atoms with Crippen LogP contribution >= 0.6 is 0 Å². The van der Waals surface area contributed by atoms with Crippen LogP contribution in [0.15, 0.2) is 45.8 Å². The first-order chi connectivity index (χ1) is 16.6. The van der Waals surface area contributed by atoms with Crippen LogP contribution in [0, 0.1) is 19.8 Å². The van der Waals surface area contributed by atoms with E-state index in [9.17, 15) is 4.79 Å². The summed E-state index contributed by atoms with van der Waals surface area (Å²) in [5.74, 6) is 1.81. The minimum atomic E-state index is -0.238. The van der Waals surface area contributed by atoms with Gasteiger partial charge in [0.05, 0.1) is 24.4 Å². The standard InChI is InChI=1S/C27H36N6O2/c1-8-27(6,7)33-25(29-30-31-33)24(17(2)3)32(16-21-10-9-11-35-21)15-20-14-22-19(5)12-18(4)13-23(22)28-26(20)34/h9-14,17,24H,8,15-16H2,1-7H3,(H,28,34). The Morgan fingerprint density at radius 1 is 1.17 bits per heavy atom. The molecule has 0 spiro atoms. The van der Waals surface area contributed by atoms with Gasteiger partial charge in [0.2, 0.25) is 0 Å². The number of hydrogen-bond donors (Lipinski definition) is 1. The number of pyridine rings is 1. The molecule has 8 heteroatoms. The molecule has 0 aliphatic rings. The highest BCUT2D eigenvalue weighted by Crippen LogP contribution is 2.33. The molecule has 0 amide bonds. The van der Waals surface area contributed by atoms with E-state index in [0.29, 0.717) is 18.7 Å². The van der Waals surface area contributed by atoms with E-state index in [1.165, 1.54) is 0 Å². The minimum Gasteiger partial charge on any atom is -0.468 e. The normalized spacial score (nSPS) is 13.3. The lowest BCUT2D eigenvalue weighted by molar-refractivity contribution is 0.109. The van der Waals surface area contributed by atoms with E-state index in [1.807, 2.05) is 35.9 Å². The van der Waals surface area contributed by atoms with Gasteiger partial charge in [-0.05, 0) is 85.9 Å². The van der Waals surface area contributed by atoms with E-state index in [-0.39, 0.29) is 23.1 Å². The van der Waals surface area contributed by atoms with Gasteiger partial charge in [0.1, 0.15) is 5.76 Å². The number of H-pyrrole nitrogens is 1. The van der Waals surface area contributed by atoms with Crippen LogP contribution in [0.1, 0.15) is 75.4 Å². The van der Waals surface area contributed by atoms with Gasteiger partial charge in [-0.1, -0.05) is 26.8 Å². The fourth-order valence-corrected chi connectivity index (χ4v) is 4.75. The average Bonchev–Trinajstić information content (AvgIpc) is 3.47. The quantitative estimate of drug-likeness (QED) is 0.354. The van der Waals surface area contributed by atoms with E-state index < -0.39 is 0 Å². The van der Waals surface area contributed by atoms with Gasteiger partial charge in [-0.25, -0.2) is 4.68 Å². The summed E-state index contributed by atoms with van der Waals surface area (Å²) in [5.41, 5.74) is 3.52. The van der Waals surface area contributed by atoms with Gasteiger partial charge in [-0.15, -0.1) is 5.10 Å². The molecule has 0 aliphatic carbocycles. The summed E-state index contributed by atoms with van der Waals surface area (Å²) in [6.07, 6.45) is 2.56. The van der Waals surface area contributed by atoms with Crippen LogP contribution in [0.4, 0.5) is 0 Å². The summed E-state index contributed by atoms with van der Waals surface area (Å²) in [6.45, 7) is 15.8. The number of nitrogens with one attached hydrogen (secondary N) is 1. The summed E-state index contributed by atoms with van der Waals surface area (Å²) in [5, 5.41) is 14.0. The highest BCUT2D eigenvalue weighted by atomic mass is 16.3. The topological polar surface area (TPSA) is 92.8 Å². The van der Waals surface area contributed by atoms with Crippen LogP contribution < -0.4 is 5.56 Å². The van der Waals surface area contributed by atoms with E-state index in [2.05, 4.69) is 73.0 Å². The number of benzene rings is 1. The van der Waals surface area contributed by atoms with Crippen molar-refractivity contribution < 1.29 is 4.42 Å². The lowest BCUT2D eigenvalue weighted by atomic mass is 9.97. The Labute approximate surface area is 206 Å². The molecule has 1 atom stereocenters. The Bertz CT molecular complexity index is 1350. The number of furan rings is 1. The van der Waals surface area contributed by atoms with Crippen LogP contribution in [0.25, 0.3) is 10.9 Å². The zero-order valence-electron chi connectivity index (χ0n) is 21.8. The van der Waals surface area contributed by atoms with E-state index in [1.54, 1.807) is 6.26 Å². The van der Waals surface area contributed by atoms with Gasteiger partial charge in [-0.3, -0.25) is 9.69 Å². The van der Waals surface area contributed by atoms with Crippen molar-refractivity contribution in [3.8, 4) is 0 Å². The van der Waals surface area contributed by atoms with Crippen molar-refractivity contribution in [2.75, 3.05) is 0 Å². The van der Waals surface area contributed by atoms with Gasteiger partial charge in [0.25, 0.3) is 5.56 Å². The van der Waals surface area contributed by atoms with Gasteiger partial charge < -0.3 is 9.40 Å². The van der Waals surface area contributed by atoms with Crippen molar-refractivity contribution in [2.45, 2.75) is 79.6 Å². The van der Waals surface area contributed by atoms with Crippen LogP contribution in [-0.2, 0) is 18.6 Å². The molecule has 186 valence electrons. The zero-order valence-corrected chi connectivity index (χ0v) is 21.8. The molecular weight excluding hydrogens is 440 g/mol. The van der Waals surface area contributed by atoms with Crippen molar-refractivity contribution in [3.63, 3.8) is 0 Å². The van der Waals surface area contributed by atoms with Crippen molar-refractivity contribution in [2.24, 2.45) is 5.92 Å². The Morgan fingerprint density at radius 3 is 2.60 bits per heavy atom. The number of fused-ring (bicyclic) bond motifs is 1. The SMILES string of the molecule is CCC(C)(C)n1nnnc1C(C(C)C)N(Cc1ccco1)Cc1cc2c(C)cc(C)cc2[nH]c1=O. The maximum absolute atomic E-state index is 13.2. The van der Waals surface area contributed by atoms with E-state index in [0.717, 1.165) is 40.0 Å². The molecule has 1 aromatic carbocycles. The van der Waals surface area contributed by atoms with Crippen molar-refractivity contribution in [1.29, 1.82) is 0 Å². The molecule has 3 aromatic heterocycles. The van der Waals surface area contributed by atoms with Crippen molar-refractivity contribution >= 4 is 10.9 Å². The van der Waals surface area contributed by atoms with Crippen LogP contribution in [0.2, 0.25) is 0 Å². The molecule has 3 heterocycles. The number of rotatable bonds is 9. The molecule has 0 saturated heterocycles. The molecular formula is C27H36N6O2. The highest BCUT2D eigenvalue weighted by Gasteiger charge is 2.34. The molecule has 1 N–H and O–H groups in total. The zero-order chi connectivity index (χ0) is 25.3. The average molecular weight is 477 g/mol. The second-order valence-electron chi connectivity index (χ2n) is 10.5. The second-order valence-corrected chi connectivity index (χ2v) is 10.5. The van der Waals surface area contributed by atoms with Crippen LogP contribution in [0.5, 0.6) is 0 Å². The molecule has 0 saturated carbocycles. The lowest BCUT2D eigenvalue weighted by Crippen LogP contribution is -2.38. The first-order valence-electron chi connectivity index (χ1n) is 12.3. The summed E-state index contributed by atoms with van der Waals surface area (Å²) >= 11 is 0. The number of tetrazole rings is 1. The largest absolute Gasteiger partial charge is 0.468 e. The summed E-state index contributed by atoms with van der Waals surface area (Å²) in [4.78, 5) is 18.5. The fourth-order valence-electron chi connectivity index (χ4n) is 4.75. The Kier molecular flexibility index (Phi) is 6.94. The molecule has 35 heavy (non-hydrogen) atoms. The van der Waals surface area contributed by atoms with Crippen molar-refractivity contribution in [1.82, 2.24) is 30.1 Å². The monoisotopic (exact) mass is 476 g/mol. The molecule has 8 nitrogen and oxygen atoms in total. The van der Waals surface area contributed by atoms with Crippen molar-refractivity contribution in [3.05, 3.63) is 75.2 Å². The number of aryl methyl sites for hydroxylation is 2. The Balaban J connectivity index is 1.81. The van der Waals surface area contributed by atoms with Crippen LogP contribution in [-0.4, -0.2) is 30.1 Å². The first-order valence-corrected chi connectivity index (χ1v) is 12.3. The first kappa shape index (κ1) is 24.9. The smallest absolute Gasteiger partial charge is 0.252 e. The Morgan fingerprint density at radius 2 is 1.94 bits per heavy atom. The van der Waals surface area contributed by atoms with Gasteiger partial charge in [-0.2, -0.15) is 0 Å². The third-order valence-electron chi connectivity index (χ3n) is 6.92. The Hall–Kier alpha value is -3.26. The van der Waals surface area contributed by atoms with Crippen LogP contribution in [0.3, 0.4) is 0 Å². The molecule has 0 bridgehead atoms. The number of nitrogens with zero attached hydrogens (tertiary/aromatic N) is 5. The predicted octanol–water partition coefficient (Wildman–Crippen LogP) is 5.27. The maximum Gasteiger partial charge on any atom is 0.252 e. The molecule has 0 radical (unpaired) electrons. The summed E-state index contributed by atoms with van der Waals surface area (Å²) in [6, 6.07) is 9.90. The summed E-state index contributed by atoms with van der Waals surface area (Å²) < 4.78 is 7.65. The maximum atomic E-state index is 13.2. The second kappa shape index (κ2) is 9.77. The predicted molar refractivity (Wildman–Crippen MR) is 137 cm³/mol. The highest BCUT2D eigenvalue weighted by molar-refractivity contribution is 5.83. The van der Waals surface area contributed by atoms with Gasteiger partial charge >= 0.3 is 0 Å². The number of aromatic nitrogens is 5. The molecule has 4 aromatic rings. The molecule has 0 aliphatic heterocycles.